The lowest BCUT2D eigenvalue weighted by atomic mass is 9.95. The van der Waals surface area contributed by atoms with Crippen LogP contribution in [0.3, 0.4) is 0 Å². The summed E-state index contributed by atoms with van der Waals surface area (Å²) in [6, 6.07) is 3.90. The monoisotopic (exact) mass is 477 g/mol. The molecule has 2 atom stereocenters. The zero-order valence-electron chi connectivity index (χ0n) is 17.9. The Morgan fingerprint density at radius 3 is 2.59 bits per heavy atom. The van der Waals surface area contributed by atoms with Gasteiger partial charge in [-0.15, -0.1) is 0 Å². The van der Waals surface area contributed by atoms with E-state index >= 15 is 0 Å². The first kappa shape index (κ1) is 21.7. The van der Waals surface area contributed by atoms with E-state index in [9.17, 15) is 5.11 Å². The first-order chi connectivity index (χ1) is 15.3. The standard InChI is InChI=1S/C21H25Cl2N7O2/c1-21(12-32-11-18(21)31)30-5-3-29(4-6-30)17-8-16-13(7-14(17)22)9-24-20(26-16)27-19-15(23)10-25-28(19)2/h7-10,18,31H,3-6,11-12H2,1-2H3,(H,24,26,27)/t18-,21+/m1/s1. The molecule has 11 heteroatoms. The minimum absolute atomic E-state index is 0.333. The fourth-order valence-corrected chi connectivity index (χ4v) is 4.92. The molecule has 5 rings (SSSR count). The predicted octanol–water partition coefficient (Wildman–Crippen LogP) is 2.69. The van der Waals surface area contributed by atoms with Crippen LogP contribution in [0.25, 0.3) is 10.9 Å². The van der Waals surface area contributed by atoms with Crippen molar-refractivity contribution < 1.29 is 9.84 Å². The molecule has 0 aliphatic carbocycles. The Balaban J connectivity index is 1.37. The summed E-state index contributed by atoms with van der Waals surface area (Å²) < 4.78 is 7.14. The third-order valence-corrected chi connectivity index (χ3v) is 7.08. The molecule has 32 heavy (non-hydrogen) atoms. The van der Waals surface area contributed by atoms with Gasteiger partial charge < -0.3 is 20.1 Å². The molecule has 2 aliphatic heterocycles. The van der Waals surface area contributed by atoms with Gasteiger partial charge in [0.2, 0.25) is 5.95 Å². The van der Waals surface area contributed by atoms with Crippen LogP contribution in [0.5, 0.6) is 0 Å². The molecule has 2 fully saturated rings. The van der Waals surface area contributed by atoms with Crippen LogP contribution in [0.4, 0.5) is 17.5 Å². The lowest BCUT2D eigenvalue weighted by Crippen LogP contribution is -2.60. The second-order valence-corrected chi connectivity index (χ2v) is 9.32. The van der Waals surface area contributed by atoms with Gasteiger partial charge in [-0.05, 0) is 19.1 Å². The molecule has 2 aromatic heterocycles. The van der Waals surface area contributed by atoms with Crippen LogP contribution in [0.2, 0.25) is 10.0 Å². The van der Waals surface area contributed by atoms with Gasteiger partial charge in [0.15, 0.2) is 0 Å². The number of nitrogens with one attached hydrogen (secondary N) is 1. The van der Waals surface area contributed by atoms with Crippen LogP contribution in [-0.2, 0) is 11.8 Å². The van der Waals surface area contributed by atoms with Gasteiger partial charge in [0, 0.05) is 44.8 Å². The Bertz CT molecular complexity index is 1130. The lowest BCUT2D eigenvalue weighted by molar-refractivity contribution is 0.00884. The first-order valence-electron chi connectivity index (χ1n) is 10.5. The quantitative estimate of drug-likeness (QED) is 0.592. The normalized spacial score (nSPS) is 24.4. The van der Waals surface area contributed by atoms with Gasteiger partial charge in [0.05, 0.1) is 47.3 Å². The average Bonchev–Trinajstić information content (AvgIpc) is 3.30. The third-order valence-electron chi connectivity index (χ3n) is 6.50. The van der Waals surface area contributed by atoms with Crippen molar-refractivity contribution in [1.82, 2.24) is 24.6 Å². The highest BCUT2D eigenvalue weighted by molar-refractivity contribution is 6.34. The number of halogens is 2. The number of benzene rings is 1. The molecule has 170 valence electrons. The molecule has 0 spiro atoms. The van der Waals surface area contributed by atoms with Crippen LogP contribution in [-0.4, -0.2) is 80.8 Å². The highest BCUT2D eigenvalue weighted by Crippen LogP contribution is 2.34. The summed E-state index contributed by atoms with van der Waals surface area (Å²) in [6.45, 7) is 6.26. The molecule has 4 heterocycles. The van der Waals surface area contributed by atoms with E-state index in [0.29, 0.717) is 35.0 Å². The van der Waals surface area contributed by atoms with Crippen LogP contribution in [0, 0.1) is 0 Å². The molecule has 9 nitrogen and oxygen atoms in total. The van der Waals surface area contributed by atoms with E-state index in [-0.39, 0.29) is 5.54 Å². The van der Waals surface area contributed by atoms with Gasteiger partial charge in [0.1, 0.15) is 10.8 Å². The van der Waals surface area contributed by atoms with Crippen molar-refractivity contribution in [3.8, 4) is 0 Å². The maximum atomic E-state index is 10.4. The summed E-state index contributed by atoms with van der Waals surface area (Å²) in [7, 11) is 1.80. The minimum atomic E-state index is -0.464. The van der Waals surface area contributed by atoms with E-state index in [2.05, 4.69) is 37.1 Å². The molecule has 2 saturated heterocycles. The molecule has 3 aromatic rings. The molecule has 1 aromatic carbocycles. The number of rotatable bonds is 4. The molecular weight excluding hydrogens is 453 g/mol. The van der Waals surface area contributed by atoms with Crippen LogP contribution in [0.15, 0.2) is 24.5 Å². The average molecular weight is 478 g/mol. The van der Waals surface area contributed by atoms with Crippen molar-refractivity contribution in [3.63, 3.8) is 0 Å². The number of aliphatic hydroxyl groups is 1. The van der Waals surface area contributed by atoms with Gasteiger partial charge in [-0.2, -0.15) is 5.10 Å². The second kappa shape index (κ2) is 8.31. The Morgan fingerprint density at radius 1 is 1.16 bits per heavy atom. The smallest absolute Gasteiger partial charge is 0.228 e. The van der Waals surface area contributed by atoms with Crippen LogP contribution < -0.4 is 10.2 Å². The molecule has 0 unspecified atom stereocenters. The van der Waals surface area contributed by atoms with E-state index in [1.165, 1.54) is 0 Å². The molecular formula is C21H25Cl2N7O2. The van der Waals surface area contributed by atoms with Gasteiger partial charge in [0.25, 0.3) is 0 Å². The maximum absolute atomic E-state index is 10.4. The summed E-state index contributed by atoms with van der Waals surface area (Å²) in [5, 5.41) is 19.6. The fourth-order valence-electron chi connectivity index (χ4n) is 4.41. The number of nitrogens with zero attached hydrogens (tertiary/aromatic N) is 6. The number of aliphatic hydroxyl groups excluding tert-OH is 1. The molecule has 0 radical (unpaired) electrons. The Morgan fingerprint density at radius 2 is 1.94 bits per heavy atom. The van der Waals surface area contributed by atoms with Gasteiger partial charge >= 0.3 is 0 Å². The SMILES string of the molecule is Cn1ncc(Cl)c1Nc1ncc2cc(Cl)c(N3CCN([C@@]4(C)COC[C@H]4O)CC3)cc2n1. The number of aryl methyl sites for hydroxylation is 1. The topological polar surface area (TPSA) is 91.6 Å². The number of piperazine rings is 1. The number of hydrogen-bond donors (Lipinski definition) is 2. The molecule has 0 bridgehead atoms. The van der Waals surface area contributed by atoms with Crippen molar-refractivity contribution in [2.24, 2.45) is 7.05 Å². The van der Waals surface area contributed by atoms with Gasteiger partial charge in [-0.3, -0.25) is 9.58 Å². The van der Waals surface area contributed by atoms with Crippen molar-refractivity contribution in [2.45, 2.75) is 18.6 Å². The zero-order valence-corrected chi connectivity index (χ0v) is 19.4. The van der Waals surface area contributed by atoms with Crippen molar-refractivity contribution in [1.29, 1.82) is 0 Å². The lowest BCUT2D eigenvalue weighted by Gasteiger charge is -2.45. The molecule has 2 aliphatic rings. The number of aromatic nitrogens is 4. The molecule has 0 amide bonds. The molecule has 2 N–H and O–H groups in total. The Labute approximate surface area is 195 Å². The maximum Gasteiger partial charge on any atom is 0.228 e. The number of hydrogen-bond acceptors (Lipinski definition) is 8. The highest BCUT2D eigenvalue weighted by atomic mass is 35.5. The summed E-state index contributed by atoms with van der Waals surface area (Å²) in [5.41, 5.74) is 1.39. The predicted molar refractivity (Wildman–Crippen MR) is 125 cm³/mol. The van der Waals surface area contributed by atoms with E-state index in [0.717, 1.165) is 42.8 Å². The van der Waals surface area contributed by atoms with Crippen LogP contribution >= 0.6 is 23.2 Å². The van der Waals surface area contributed by atoms with E-state index in [1.54, 1.807) is 24.1 Å². The van der Waals surface area contributed by atoms with E-state index in [1.807, 2.05) is 12.1 Å². The summed E-state index contributed by atoms with van der Waals surface area (Å²) in [6.07, 6.45) is 2.85. The summed E-state index contributed by atoms with van der Waals surface area (Å²) in [4.78, 5) is 13.6. The second-order valence-electron chi connectivity index (χ2n) is 8.51. The number of anilines is 3. The van der Waals surface area contributed by atoms with Crippen molar-refractivity contribution in [2.75, 3.05) is 49.6 Å². The summed E-state index contributed by atoms with van der Waals surface area (Å²) >= 11 is 12.8. The van der Waals surface area contributed by atoms with E-state index < -0.39 is 6.10 Å². The highest BCUT2D eigenvalue weighted by Gasteiger charge is 2.44. The van der Waals surface area contributed by atoms with Gasteiger partial charge in [-0.25, -0.2) is 9.97 Å². The first-order valence-corrected chi connectivity index (χ1v) is 11.3. The zero-order chi connectivity index (χ0) is 22.5. The molecule has 0 saturated carbocycles. The van der Waals surface area contributed by atoms with Crippen molar-refractivity contribution in [3.05, 3.63) is 34.6 Å². The number of fused-ring (bicyclic) bond motifs is 1. The Hall–Kier alpha value is -2.17. The largest absolute Gasteiger partial charge is 0.389 e. The minimum Gasteiger partial charge on any atom is -0.389 e. The van der Waals surface area contributed by atoms with E-state index in [4.69, 9.17) is 27.9 Å². The summed E-state index contributed by atoms with van der Waals surface area (Å²) in [5.74, 6) is 1.06. The van der Waals surface area contributed by atoms with Crippen LogP contribution in [0.1, 0.15) is 6.92 Å². The fraction of sp³-hybridized carbons (Fsp3) is 0.476. The van der Waals surface area contributed by atoms with Crippen molar-refractivity contribution >= 4 is 51.6 Å². The Kier molecular flexibility index (Phi) is 5.63. The van der Waals surface area contributed by atoms with Gasteiger partial charge in [-0.1, -0.05) is 23.2 Å². The third kappa shape index (κ3) is 3.78. The number of ether oxygens (including phenoxy) is 1.